The lowest BCUT2D eigenvalue weighted by Crippen LogP contribution is -2.39. The van der Waals surface area contributed by atoms with Crippen molar-refractivity contribution in [2.45, 2.75) is 0 Å². The highest BCUT2D eigenvalue weighted by atomic mass is 15.3. The third kappa shape index (κ3) is 3.98. The molecule has 9 heavy (non-hydrogen) atoms. The summed E-state index contributed by atoms with van der Waals surface area (Å²) < 4.78 is 0.951. The summed E-state index contributed by atoms with van der Waals surface area (Å²) in [5, 5.41) is 0. The van der Waals surface area contributed by atoms with Gasteiger partial charge in [0.2, 0.25) is 0 Å². The van der Waals surface area contributed by atoms with Gasteiger partial charge in [0.1, 0.15) is 0 Å². The van der Waals surface area contributed by atoms with Crippen LogP contribution in [0.4, 0.5) is 0 Å². The van der Waals surface area contributed by atoms with Gasteiger partial charge in [-0.3, -0.25) is 0 Å². The zero-order valence-electron chi connectivity index (χ0n) is 7.43. The minimum atomic E-state index is 0. The highest BCUT2D eigenvalue weighted by Gasteiger charge is 2.07. The Bertz CT molecular complexity index is 95.8. The Labute approximate surface area is 59.4 Å². The van der Waals surface area contributed by atoms with Gasteiger partial charge in [-0.15, -0.1) is 0 Å². The van der Waals surface area contributed by atoms with Crippen LogP contribution in [-0.4, -0.2) is 31.7 Å². The lowest BCUT2D eigenvalue weighted by molar-refractivity contribution is -0.878. The van der Waals surface area contributed by atoms with Crippen molar-refractivity contribution in [2.75, 3.05) is 27.2 Å². The van der Waals surface area contributed by atoms with E-state index in [0.29, 0.717) is 0 Å². The van der Waals surface area contributed by atoms with Crippen molar-refractivity contribution < 1.29 is 5.91 Å². The molecular weight excluding hydrogens is 110 g/mol. The molecule has 0 bridgehead atoms. The van der Waals surface area contributed by atoms with E-state index in [4.69, 9.17) is 0 Å². The molecular formula is C8H17N. The van der Waals surface area contributed by atoms with Gasteiger partial charge >= 0.3 is 0 Å². The van der Waals surface area contributed by atoms with Crippen LogP contribution in [0.5, 0.6) is 0 Å². The number of likely N-dealkylation sites (N-methyl/N-ethyl adjacent to an activating group) is 1. The molecule has 0 aromatic rings. The van der Waals surface area contributed by atoms with Crippen molar-refractivity contribution in [3.05, 3.63) is 25.3 Å². The van der Waals surface area contributed by atoms with Crippen molar-refractivity contribution >= 4 is 0 Å². The first-order valence-electron chi connectivity index (χ1n) is 3.16. The predicted molar refractivity (Wildman–Crippen MR) is 43.3 cm³/mol. The third-order valence-corrected chi connectivity index (χ3v) is 1.25. The Kier molecular flexibility index (Phi) is 3.25. The second-order valence-corrected chi connectivity index (χ2v) is 2.88. The van der Waals surface area contributed by atoms with Crippen LogP contribution in [0.3, 0.4) is 0 Å². The van der Waals surface area contributed by atoms with Gasteiger partial charge in [0, 0.05) is 0 Å². The van der Waals surface area contributed by atoms with Crippen LogP contribution in [0.25, 0.3) is 0 Å². The van der Waals surface area contributed by atoms with E-state index in [-0.39, 0.29) is 1.43 Å². The van der Waals surface area contributed by atoms with E-state index in [9.17, 15) is 0 Å². The second-order valence-electron chi connectivity index (χ2n) is 2.88. The Morgan fingerprint density at radius 1 is 1.22 bits per heavy atom. The molecule has 0 aromatic heterocycles. The average Bonchev–Trinajstić information content (AvgIpc) is 1.64. The van der Waals surface area contributed by atoms with E-state index in [1.54, 1.807) is 0 Å². The van der Waals surface area contributed by atoms with Crippen LogP contribution in [0.15, 0.2) is 25.3 Å². The molecule has 1 nitrogen and oxygen atoms in total. The molecule has 54 valence electrons. The van der Waals surface area contributed by atoms with Gasteiger partial charge < -0.3 is 5.91 Å². The SMILES string of the molecule is C=CC[N+](C)(C)CC=C.[H-]. The van der Waals surface area contributed by atoms with E-state index in [0.717, 1.165) is 17.6 Å². The van der Waals surface area contributed by atoms with Gasteiger partial charge in [-0.25, -0.2) is 0 Å². The number of hydrogen-bond acceptors (Lipinski definition) is 0. The number of hydrogen-bond donors (Lipinski definition) is 0. The molecule has 0 aliphatic heterocycles. The summed E-state index contributed by atoms with van der Waals surface area (Å²) >= 11 is 0. The van der Waals surface area contributed by atoms with Crippen LogP contribution in [0.1, 0.15) is 1.43 Å². The zero-order chi connectivity index (χ0) is 7.33. The van der Waals surface area contributed by atoms with Crippen LogP contribution >= 0.6 is 0 Å². The normalized spacial score (nSPS) is 10.9. The molecule has 0 N–H and O–H groups in total. The smallest absolute Gasteiger partial charge is 0.0969 e. The summed E-state index contributed by atoms with van der Waals surface area (Å²) in [7, 11) is 4.31. The van der Waals surface area contributed by atoms with Crippen molar-refractivity contribution in [3.63, 3.8) is 0 Å². The van der Waals surface area contributed by atoms with Crippen LogP contribution in [0, 0.1) is 0 Å². The summed E-state index contributed by atoms with van der Waals surface area (Å²) in [5.41, 5.74) is 0. The topological polar surface area (TPSA) is 0 Å². The average molecular weight is 127 g/mol. The van der Waals surface area contributed by atoms with Gasteiger partial charge in [0.25, 0.3) is 0 Å². The van der Waals surface area contributed by atoms with Gasteiger partial charge in [0.15, 0.2) is 0 Å². The lowest BCUT2D eigenvalue weighted by atomic mass is 10.4. The Morgan fingerprint density at radius 3 is 1.78 bits per heavy atom. The summed E-state index contributed by atoms with van der Waals surface area (Å²) in [6.45, 7) is 9.37. The molecule has 0 radical (unpaired) electrons. The first-order chi connectivity index (χ1) is 4.12. The molecule has 0 aliphatic rings. The van der Waals surface area contributed by atoms with Crippen molar-refractivity contribution in [1.82, 2.24) is 0 Å². The molecule has 0 saturated carbocycles. The maximum absolute atomic E-state index is 3.68. The lowest BCUT2D eigenvalue weighted by Gasteiger charge is -2.26. The van der Waals surface area contributed by atoms with E-state index < -0.39 is 0 Å². The Hall–Kier alpha value is -0.560. The minimum absolute atomic E-state index is 0. The molecule has 0 rings (SSSR count). The highest BCUT2D eigenvalue weighted by molar-refractivity contribution is 4.69. The fraction of sp³-hybridized carbons (Fsp3) is 0.500. The summed E-state index contributed by atoms with van der Waals surface area (Å²) in [6, 6.07) is 0. The predicted octanol–water partition coefficient (Wildman–Crippen LogP) is 1.55. The van der Waals surface area contributed by atoms with Gasteiger partial charge in [-0.05, 0) is 12.2 Å². The molecule has 0 spiro atoms. The van der Waals surface area contributed by atoms with E-state index in [1.807, 2.05) is 12.2 Å². The molecule has 0 unspecified atom stereocenters. The van der Waals surface area contributed by atoms with Crippen molar-refractivity contribution in [2.24, 2.45) is 0 Å². The standard InChI is InChI=1S/C8H16N.H/c1-5-7-9(3,4)8-6-2;/h5-6H,1-2,7-8H2,3-4H3;/q+1;-1. The monoisotopic (exact) mass is 127 g/mol. The molecule has 0 fully saturated rings. The molecule has 0 aliphatic carbocycles. The molecule has 1 heteroatoms. The first-order valence-corrected chi connectivity index (χ1v) is 3.16. The Morgan fingerprint density at radius 2 is 1.56 bits per heavy atom. The van der Waals surface area contributed by atoms with Gasteiger partial charge in [-0.2, -0.15) is 0 Å². The van der Waals surface area contributed by atoms with Crippen molar-refractivity contribution in [3.8, 4) is 0 Å². The highest BCUT2D eigenvalue weighted by Crippen LogP contribution is 1.95. The quantitative estimate of drug-likeness (QED) is 0.397. The Balaban J connectivity index is 0. The summed E-state index contributed by atoms with van der Waals surface area (Å²) in [4.78, 5) is 0. The maximum Gasteiger partial charge on any atom is 0.0969 e. The molecule has 0 heterocycles. The van der Waals surface area contributed by atoms with Gasteiger partial charge in [-0.1, -0.05) is 13.2 Å². The number of rotatable bonds is 4. The number of quaternary nitrogens is 1. The van der Waals surface area contributed by atoms with E-state index >= 15 is 0 Å². The van der Waals surface area contributed by atoms with Crippen LogP contribution in [0.2, 0.25) is 0 Å². The largest absolute Gasteiger partial charge is 1.00 e. The third-order valence-electron chi connectivity index (χ3n) is 1.25. The van der Waals surface area contributed by atoms with Crippen LogP contribution in [-0.2, 0) is 0 Å². The summed E-state index contributed by atoms with van der Waals surface area (Å²) in [6.07, 6.45) is 3.87. The molecule has 0 saturated heterocycles. The van der Waals surface area contributed by atoms with Gasteiger partial charge in [0.05, 0.1) is 27.2 Å². The first kappa shape index (κ1) is 8.44. The van der Waals surface area contributed by atoms with Crippen molar-refractivity contribution in [1.29, 1.82) is 0 Å². The van der Waals surface area contributed by atoms with E-state index in [1.165, 1.54) is 0 Å². The fourth-order valence-electron chi connectivity index (χ4n) is 0.774. The maximum atomic E-state index is 3.68. The fourth-order valence-corrected chi connectivity index (χ4v) is 0.774. The molecule has 0 aromatic carbocycles. The summed E-state index contributed by atoms with van der Waals surface area (Å²) in [5.74, 6) is 0. The number of nitrogens with zero attached hydrogens (tertiary/aromatic N) is 1. The molecule has 0 atom stereocenters. The second kappa shape index (κ2) is 3.46. The van der Waals surface area contributed by atoms with E-state index in [2.05, 4.69) is 27.3 Å². The minimum Gasteiger partial charge on any atom is -1.00 e. The zero-order valence-corrected chi connectivity index (χ0v) is 6.43. The van der Waals surface area contributed by atoms with Crippen LogP contribution < -0.4 is 0 Å². The molecule has 0 amide bonds.